The molecule has 0 bridgehead atoms. The van der Waals surface area contributed by atoms with Crippen LogP contribution < -0.4 is 29.3 Å². The van der Waals surface area contributed by atoms with Gasteiger partial charge in [-0.25, -0.2) is 4.79 Å². The predicted octanol–water partition coefficient (Wildman–Crippen LogP) is -4.50. The van der Waals surface area contributed by atoms with E-state index in [1.807, 2.05) is 6.92 Å². The van der Waals surface area contributed by atoms with Crippen molar-refractivity contribution in [3.63, 3.8) is 0 Å². The van der Waals surface area contributed by atoms with E-state index >= 15 is 0 Å². The van der Waals surface area contributed by atoms with Crippen molar-refractivity contribution in [3.8, 4) is 0 Å². The molecule has 0 fully saturated rings. The number of aliphatic hydroxyl groups is 1. The number of amides is 1. The number of aliphatic hydroxyl groups excluding tert-OH is 1. The Morgan fingerprint density at radius 3 is 2.38 bits per heavy atom. The van der Waals surface area contributed by atoms with E-state index in [1.54, 1.807) is 6.08 Å². The molecule has 0 saturated heterocycles. The van der Waals surface area contributed by atoms with Gasteiger partial charge in [0.05, 0.1) is 25.7 Å². The number of rotatable bonds is 13. The zero-order chi connectivity index (χ0) is 17.7. The average Bonchev–Trinajstić information content (AvgIpc) is 2.42. The summed E-state index contributed by atoms with van der Waals surface area (Å²) in [4.78, 5) is 33.4. The summed E-state index contributed by atoms with van der Waals surface area (Å²) in [7, 11) is 0. The number of carboxylic acids is 2. The van der Waals surface area contributed by atoms with Crippen LogP contribution in [0.5, 0.6) is 0 Å². The minimum absolute atomic E-state index is 0. The van der Waals surface area contributed by atoms with Gasteiger partial charge >= 0.3 is 24.8 Å². The normalized spacial score (nSPS) is 13.1. The van der Waals surface area contributed by atoms with Crippen LogP contribution >= 0.6 is 0 Å². The number of allylic oxidation sites excluding steroid dienone is 1. The molecule has 132 valence electrons. The molecule has 1 atom stereocenters. The Bertz CT molecular complexity index is 412. The van der Waals surface area contributed by atoms with Crippen molar-refractivity contribution in [1.29, 1.82) is 0 Å². The largest absolute Gasteiger partial charge is 1.00 e. The summed E-state index contributed by atoms with van der Waals surface area (Å²) in [6.45, 7) is 0.846. The Hall–Kier alpha value is -1.33. The maximum Gasteiger partial charge on any atom is 1.00 e. The maximum absolute atomic E-state index is 11.6. The third-order valence-electron chi connectivity index (χ3n) is 3.39. The van der Waals surface area contributed by atoms with Gasteiger partial charge in [0, 0.05) is 0 Å². The zero-order valence-electron chi connectivity index (χ0n) is 14.5. The van der Waals surface area contributed by atoms with Crippen molar-refractivity contribution in [1.82, 2.24) is 5.32 Å². The van der Waals surface area contributed by atoms with Crippen LogP contribution in [0.25, 0.3) is 0 Å². The second-order valence-electron chi connectivity index (χ2n) is 5.43. The molecular weight excluding hydrogens is 311 g/mol. The van der Waals surface area contributed by atoms with Crippen LogP contribution in [-0.4, -0.2) is 71.9 Å². The molecule has 1 amide bonds. The minimum atomic E-state index is -1.40. The average molecular weight is 337 g/mol. The number of hydrogen-bond acceptors (Lipinski definition) is 5. The third-order valence-corrected chi connectivity index (χ3v) is 3.39. The van der Waals surface area contributed by atoms with E-state index in [0.29, 0.717) is 0 Å². The number of quaternary nitrogens is 1. The SMILES string of the molecule is CCCC/C=C/C(=O)NCC[N+](CCO)(CC(=O)[O-])CC(=O)O.[Li+]. The fourth-order valence-corrected chi connectivity index (χ4v) is 2.24. The Morgan fingerprint density at radius 2 is 1.88 bits per heavy atom. The van der Waals surface area contributed by atoms with Crippen LogP contribution in [0, 0.1) is 0 Å². The molecule has 0 aromatic carbocycles. The fourth-order valence-electron chi connectivity index (χ4n) is 2.24. The van der Waals surface area contributed by atoms with Crippen LogP contribution in [0.2, 0.25) is 0 Å². The summed E-state index contributed by atoms with van der Waals surface area (Å²) in [6.07, 6.45) is 5.99. The molecule has 0 saturated carbocycles. The van der Waals surface area contributed by atoms with Crippen molar-refractivity contribution in [2.45, 2.75) is 26.2 Å². The molecule has 0 aliphatic heterocycles. The molecule has 0 aromatic rings. The van der Waals surface area contributed by atoms with E-state index < -0.39 is 25.0 Å². The Balaban J connectivity index is 0. The Labute approximate surface area is 154 Å². The molecular formula is C15H26LiN2O6+. The van der Waals surface area contributed by atoms with Gasteiger partial charge in [-0.1, -0.05) is 25.8 Å². The number of carbonyl (C=O) groups is 3. The molecule has 0 aromatic heterocycles. The van der Waals surface area contributed by atoms with Crippen molar-refractivity contribution < 1.29 is 53.0 Å². The Morgan fingerprint density at radius 1 is 1.21 bits per heavy atom. The van der Waals surface area contributed by atoms with Gasteiger partial charge in [-0.3, -0.25) is 4.79 Å². The van der Waals surface area contributed by atoms with Crippen LogP contribution in [0.1, 0.15) is 26.2 Å². The second-order valence-corrected chi connectivity index (χ2v) is 5.43. The second kappa shape index (κ2) is 14.0. The summed E-state index contributed by atoms with van der Waals surface area (Å²) in [5.41, 5.74) is 0. The Kier molecular flexibility index (Phi) is 14.6. The summed E-state index contributed by atoms with van der Waals surface area (Å²) < 4.78 is -0.381. The standard InChI is InChI=1S/C15H26N2O6.Li/c1-2-3-4-5-6-13(19)16-7-8-17(9-10-18,11-14(20)21)12-15(22)23;/h5-6,18H,2-4,7-12H2,1H3,(H2-,16,19,20,21,22,23);/q;+1/b6-5+;. The molecule has 0 rings (SSSR count). The van der Waals surface area contributed by atoms with Crippen LogP contribution in [0.4, 0.5) is 0 Å². The molecule has 8 nitrogen and oxygen atoms in total. The quantitative estimate of drug-likeness (QED) is 0.135. The van der Waals surface area contributed by atoms with Crippen LogP contribution in [-0.2, 0) is 14.4 Å². The van der Waals surface area contributed by atoms with Gasteiger partial charge in [0.1, 0.15) is 13.1 Å². The molecule has 24 heavy (non-hydrogen) atoms. The smallest absolute Gasteiger partial charge is 0.544 e. The van der Waals surface area contributed by atoms with Gasteiger partial charge in [-0.05, 0) is 12.5 Å². The van der Waals surface area contributed by atoms with E-state index in [4.69, 9.17) is 10.2 Å². The number of nitrogens with zero attached hydrogens (tertiary/aromatic N) is 1. The molecule has 0 radical (unpaired) electrons. The fraction of sp³-hybridized carbons (Fsp3) is 0.667. The molecule has 0 spiro atoms. The summed E-state index contributed by atoms with van der Waals surface area (Å²) in [5.74, 6) is -2.89. The van der Waals surface area contributed by atoms with Gasteiger partial charge in [0.2, 0.25) is 5.91 Å². The first-order chi connectivity index (χ1) is 10.8. The van der Waals surface area contributed by atoms with Gasteiger partial charge in [-0.2, -0.15) is 0 Å². The minimum Gasteiger partial charge on any atom is -0.544 e. The molecule has 1 unspecified atom stereocenters. The van der Waals surface area contributed by atoms with Crippen molar-refractivity contribution in [2.24, 2.45) is 0 Å². The number of unbranched alkanes of at least 4 members (excludes halogenated alkanes) is 2. The predicted molar refractivity (Wildman–Crippen MR) is 81.1 cm³/mol. The van der Waals surface area contributed by atoms with Gasteiger partial charge in [0.25, 0.3) is 0 Å². The van der Waals surface area contributed by atoms with Crippen LogP contribution in [0.15, 0.2) is 12.2 Å². The van der Waals surface area contributed by atoms with Gasteiger partial charge in [-0.15, -0.1) is 0 Å². The van der Waals surface area contributed by atoms with Gasteiger partial charge < -0.3 is 29.9 Å². The molecule has 0 aliphatic rings. The number of aliphatic carboxylic acids is 2. The number of carboxylic acid groups (broad SMARTS) is 2. The van der Waals surface area contributed by atoms with E-state index in [2.05, 4.69) is 5.32 Å². The monoisotopic (exact) mass is 337 g/mol. The first-order valence-corrected chi connectivity index (χ1v) is 7.67. The molecule has 9 heteroatoms. The number of carbonyl (C=O) groups excluding carboxylic acids is 2. The zero-order valence-corrected chi connectivity index (χ0v) is 14.5. The van der Waals surface area contributed by atoms with Gasteiger partial charge in [0.15, 0.2) is 6.54 Å². The van der Waals surface area contributed by atoms with Crippen molar-refractivity contribution in [3.05, 3.63) is 12.2 Å². The molecule has 3 N–H and O–H groups in total. The third kappa shape index (κ3) is 12.1. The summed E-state index contributed by atoms with van der Waals surface area (Å²) >= 11 is 0. The molecule has 0 heterocycles. The van der Waals surface area contributed by atoms with E-state index in [9.17, 15) is 19.5 Å². The van der Waals surface area contributed by atoms with E-state index in [0.717, 1.165) is 19.3 Å². The maximum atomic E-state index is 11.6. The first kappa shape index (κ1) is 24.9. The first-order valence-electron chi connectivity index (χ1n) is 7.67. The topological polar surface area (TPSA) is 127 Å². The van der Waals surface area contributed by atoms with Crippen molar-refractivity contribution in [2.75, 3.05) is 39.3 Å². The number of hydrogen-bond donors (Lipinski definition) is 3. The summed E-state index contributed by atoms with van der Waals surface area (Å²) in [5, 5.41) is 31.5. The molecule has 0 aliphatic carbocycles. The van der Waals surface area contributed by atoms with E-state index in [1.165, 1.54) is 6.08 Å². The van der Waals surface area contributed by atoms with Crippen molar-refractivity contribution >= 4 is 17.8 Å². The number of nitrogens with one attached hydrogen (secondary N) is 1. The van der Waals surface area contributed by atoms with E-state index in [-0.39, 0.29) is 55.5 Å². The van der Waals surface area contributed by atoms with Crippen LogP contribution in [0.3, 0.4) is 0 Å². The summed E-state index contributed by atoms with van der Waals surface area (Å²) in [6, 6.07) is 0.